The van der Waals surface area contributed by atoms with Crippen molar-refractivity contribution in [3.05, 3.63) is 55.1 Å². The summed E-state index contributed by atoms with van der Waals surface area (Å²) in [6.45, 7) is 1.86. The highest BCUT2D eigenvalue weighted by Crippen LogP contribution is 2.29. The van der Waals surface area contributed by atoms with E-state index in [0.717, 1.165) is 65.2 Å². The third-order valence-corrected chi connectivity index (χ3v) is 5.21. The van der Waals surface area contributed by atoms with Gasteiger partial charge in [-0.25, -0.2) is 4.98 Å². The summed E-state index contributed by atoms with van der Waals surface area (Å²) in [6.07, 6.45) is 9.46. The number of pyridine rings is 3. The fourth-order valence-electron chi connectivity index (χ4n) is 3.74. The maximum Gasteiger partial charge on any atom is 0.128 e. The number of aromatic nitrogens is 5. The third kappa shape index (κ3) is 3.10. The highest BCUT2D eigenvalue weighted by atomic mass is 15.2. The normalized spacial score (nSPS) is 17.2. The van der Waals surface area contributed by atoms with Gasteiger partial charge in [0.05, 0.1) is 17.4 Å². The Hall–Kier alpha value is -3.32. The van der Waals surface area contributed by atoms with Crippen LogP contribution in [0.25, 0.3) is 33.4 Å². The van der Waals surface area contributed by atoms with Crippen LogP contribution in [0, 0.1) is 0 Å². The van der Waals surface area contributed by atoms with Crippen molar-refractivity contribution in [3.8, 4) is 22.5 Å². The summed E-state index contributed by atoms with van der Waals surface area (Å²) in [7, 11) is 0. The van der Waals surface area contributed by atoms with E-state index in [-0.39, 0.29) is 6.04 Å². The molecule has 0 bridgehead atoms. The van der Waals surface area contributed by atoms with Gasteiger partial charge in [-0.2, -0.15) is 5.10 Å². The molecule has 0 spiro atoms. The van der Waals surface area contributed by atoms with Gasteiger partial charge in [0.2, 0.25) is 0 Å². The lowest BCUT2D eigenvalue weighted by Gasteiger charge is -2.31. The molecule has 4 aromatic heterocycles. The first kappa shape index (κ1) is 16.8. The van der Waals surface area contributed by atoms with Crippen LogP contribution in [-0.2, 0) is 0 Å². The fraction of sp³-hybridized carbons (Fsp3) is 0.238. The van der Waals surface area contributed by atoms with Crippen LogP contribution >= 0.6 is 0 Å². The van der Waals surface area contributed by atoms with Gasteiger partial charge in [0.15, 0.2) is 0 Å². The Morgan fingerprint density at radius 1 is 1.07 bits per heavy atom. The molecule has 1 aliphatic rings. The standard InChI is InChI=1S/C21H21N7/c22-16-4-2-8-28(13-16)20-6-5-15(11-25-20)21-17-9-18(14-3-1-7-23-10-14)24-12-19(17)26-27-21/h1,3,5-7,9-12,16H,2,4,8,13,22H2,(H,26,27)/t16-/m1/s1. The molecule has 140 valence electrons. The molecule has 0 amide bonds. The van der Waals surface area contributed by atoms with Gasteiger partial charge in [-0.15, -0.1) is 0 Å². The Bertz CT molecular complexity index is 1090. The maximum absolute atomic E-state index is 6.10. The largest absolute Gasteiger partial charge is 0.355 e. The van der Waals surface area contributed by atoms with Crippen LogP contribution in [0.5, 0.6) is 0 Å². The van der Waals surface area contributed by atoms with Gasteiger partial charge in [-0.1, -0.05) is 0 Å². The molecule has 5 heterocycles. The lowest BCUT2D eigenvalue weighted by Crippen LogP contribution is -2.43. The Balaban J connectivity index is 1.49. The van der Waals surface area contributed by atoms with Gasteiger partial charge >= 0.3 is 0 Å². The molecular weight excluding hydrogens is 350 g/mol. The number of hydrogen-bond acceptors (Lipinski definition) is 6. The van der Waals surface area contributed by atoms with Crippen molar-refractivity contribution in [2.75, 3.05) is 18.0 Å². The molecule has 0 aromatic carbocycles. The number of H-pyrrole nitrogens is 1. The summed E-state index contributed by atoms with van der Waals surface area (Å²) in [5.74, 6) is 0.969. The number of piperidine rings is 1. The number of hydrogen-bond donors (Lipinski definition) is 2. The van der Waals surface area contributed by atoms with E-state index in [1.165, 1.54) is 0 Å². The van der Waals surface area contributed by atoms with Crippen molar-refractivity contribution in [1.29, 1.82) is 0 Å². The number of anilines is 1. The highest BCUT2D eigenvalue weighted by Gasteiger charge is 2.18. The van der Waals surface area contributed by atoms with E-state index in [9.17, 15) is 0 Å². The first-order valence-corrected chi connectivity index (χ1v) is 9.49. The molecule has 0 radical (unpaired) electrons. The minimum Gasteiger partial charge on any atom is -0.355 e. The predicted octanol–water partition coefficient (Wildman–Crippen LogP) is 3.01. The molecular formula is C21H21N7. The first-order chi connectivity index (χ1) is 13.8. The van der Waals surface area contributed by atoms with Crippen LogP contribution in [0.3, 0.4) is 0 Å². The van der Waals surface area contributed by atoms with E-state index in [4.69, 9.17) is 5.73 Å². The fourth-order valence-corrected chi connectivity index (χ4v) is 3.74. The lowest BCUT2D eigenvalue weighted by atomic mass is 10.1. The van der Waals surface area contributed by atoms with E-state index >= 15 is 0 Å². The predicted molar refractivity (Wildman–Crippen MR) is 110 cm³/mol. The number of fused-ring (bicyclic) bond motifs is 1. The van der Waals surface area contributed by atoms with E-state index in [2.05, 4.69) is 42.2 Å². The maximum atomic E-state index is 6.10. The molecule has 0 aliphatic carbocycles. The molecule has 1 atom stereocenters. The van der Waals surface area contributed by atoms with Crippen LogP contribution in [-0.4, -0.2) is 44.3 Å². The molecule has 7 heteroatoms. The minimum absolute atomic E-state index is 0.226. The van der Waals surface area contributed by atoms with Crippen LogP contribution in [0.1, 0.15) is 12.8 Å². The Morgan fingerprint density at radius 2 is 2.04 bits per heavy atom. The monoisotopic (exact) mass is 371 g/mol. The number of aromatic amines is 1. The quantitative estimate of drug-likeness (QED) is 0.575. The molecule has 28 heavy (non-hydrogen) atoms. The summed E-state index contributed by atoms with van der Waals surface area (Å²) in [6, 6.07) is 10.3. The van der Waals surface area contributed by atoms with Gasteiger partial charge in [0.1, 0.15) is 11.5 Å². The summed E-state index contributed by atoms with van der Waals surface area (Å²) in [4.78, 5) is 15.6. The number of rotatable bonds is 3. The SMILES string of the molecule is N[C@@H]1CCCN(c2ccc(-c3n[nH]c4cnc(-c5cccnc5)cc34)cn2)C1. The van der Waals surface area contributed by atoms with E-state index in [1.807, 2.05) is 36.8 Å². The Morgan fingerprint density at radius 3 is 2.82 bits per heavy atom. The molecule has 1 aliphatic heterocycles. The average molecular weight is 371 g/mol. The smallest absolute Gasteiger partial charge is 0.128 e. The van der Waals surface area contributed by atoms with Crippen molar-refractivity contribution >= 4 is 16.7 Å². The van der Waals surface area contributed by atoms with Crippen LogP contribution in [0.2, 0.25) is 0 Å². The zero-order valence-electron chi connectivity index (χ0n) is 15.4. The number of nitrogens with zero attached hydrogens (tertiary/aromatic N) is 5. The second kappa shape index (κ2) is 7.01. The van der Waals surface area contributed by atoms with Crippen molar-refractivity contribution < 1.29 is 0 Å². The van der Waals surface area contributed by atoms with Gasteiger partial charge < -0.3 is 10.6 Å². The number of nitrogens with one attached hydrogen (secondary N) is 1. The number of nitrogens with two attached hydrogens (primary N) is 1. The first-order valence-electron chi connectivity index (χ1n) is 9.49. The van der Waals surface area contributed by atoms with E-state index in [0.29, 0.717) is 0 Å². The highest BCUT2D eigenvalue weighted by molar-refractivity contribution is 5.94. The lowest BCUT2D eigenvalue weighted by molar-refractivity contribution is 0.503. The van der Waals surface area contributed by atoms with Gasteiger partial charge in [-0.3, -0.25) is 15.1 Å². The minimum atomic E-state index is 0.226. The Labute approximate surface area is 162 Å². The van der Waals surface area contributed by atoms with Crippen molar-refractivity contribution in [1.82, 2.24) is 25.1 Å². The molecule has 0 unspecified atom stereocenters. The van der Waals surface area contributed by atoms with Gasteiger partial charge in [-0.05, 0) is 43.2 Å². The third-order valence-electron chi connectivity index (χ3n) is 5.21. The Kier molecular flexibility index (Phi) is 4.21. The molecule has 4 aromatic rings. The van der Waals surface area contributed by atoms with Crippen molar-refractivity contribution in [2.45, 2.75) is 18.9 Å². The van der Waals surface area contributed by atoms with Gasteiger partial charge in [0.25, 0.3) is 0 Å². The topological polar surface area (TPSA) is 96.6 Å². The summed E-state index contributed by atoms with van der Waals surface area (Å²) < 4.78 is 0. The molecule has 0 saturated carbocycles. The second-order valence-electron chi connectivity index (χ2n) is 7.18. The zero-order valence-corrected chi connectivity index (χ0v) is 15.4. The molecule has 5 rings (SSSR count). The van der Waals surface area contributed by atoms with E-state index < -0.39 is 0 Å². The van der Waals surface area contributed by atoms with Crippen LogP contribution in [0.4, 0.5) is 5.82 Å². The van der Waals surface area contributed by atoms with Gasteiger partial charge in [0, 0.05) is 54.2 Å². The summed E-state index contributed by atoms with van der Waals surface area (Å²) in [5, 5.41) is 8.58. The van der Waals surface area contributed by atoms with Crippen molar-refractivity contribution in [2.24, 2.45) is 5.73 Å². The molecule has 3 N–H and O–H groups in total. The molecule has 1 fully saturated rings. The zero-order chi connectivity index (χ0) is 18.9. The molecule has 7 nitrogen and oxygen atoms in total. The second-order valence-corrected chi connectivity index (χ2v) is 7.18. The summed E-state index contributed by atoms with van der Waals surface area (Å²) in [5.41, 5.74) is 10.7. The average Bonchev–Trinajstić information content (AvgIpc) is 3.18. The summed E-state index contributed by atoms with van der Waals surface area (Å²) >= 11 is 0. The van der Waals surface area contributed by atoms with Crippen LogP contribution < -0.4 is 10.6 Å². The van der Waals surface area contributed by atoms with Crippen molar-refractivity contribution in [3.63, 3.8) is 0 Å². The van der Waals surface area contributed by atoms with Crippen LogP contribution in [0.15, 0.2) is 55.1 Å². The molecule has 1 saturated heterocycles. The van der Waals surface area contributed by atoms with E-state index in [1.54, 1.807) is 6.20 Å².